The van der Waals surface area contributed by atoms with Crippen molar-refractivity contribution in [3.05, 3.63) is 64.3 Å². The average Bonchev–Trinajstić information content (AvgIpc) is 3.19. The standard InChI is InChI=1S/C21H17ClF3NO3/c22-18-6-1-12(7-17(18)21(23,24)25)11-29-16-5-2-13-8-14-3-4-15(9-20(27)28)26(14)19(13)10-16/h1-2,5-8,10,15H,3-4,9,11H2,(H,27,28). The number of benzene rings is 2. The fourth-order valence-electron chi connectivity index (χ4n) is 3.86. The van der Waals surface area contributed by atoms with Crippen LogP contribution in [0.15, 0.2) is 42.5 Å². The van der Waals surface area contributed by atoms with Crippen LogP contribution in [0.2, 0.25) is 5.02 Å². The van der Waals surface area contributed by atoms with Crippen molar-refractivity contribution in [3.8, 4) is 5.75 Å². The molecule has 8 heteroatoms. The summed E-state index contributed by atoms with van der Waals surface area (Å²) in [4.78, 5) is 11.1. The SMILES string of the molecule is O=C(O)CC1CCc2cc3ccc(OCc4ccc(Cl)c(C(F)(F)F)c4)cc3n21. The lowest BCUT2D eigenvalue weighted by Crippen LogP contribution is -2.09. The van der Waals surface area contributed by atoms with Crippen molar-refractivity contribution in [1.29, 1.82) is 0 Å². The minimum atomic E-state index is -4.53. The number of carbonyl (C=O) groups is 1. The lowest BCUT2D eigenvalue weighted by molar-refractivity contribution is -0.138. The summed E-state index contributed by atoms with van der Waals surface area (Å²) in [5, 5.41) is 9.77. The topological polar surface area (TPSA) is 51.5 Å². The molecule has 2 heterocycles. The minimum absolute atomic E-state index is 0.0438. The van der Waals surface area contributed by atoms with E-state index in [9.17, 15) is 18.0 Å². The number of halogens is 4. The Morgan fingerprint density at radius 1 is 1.21 bits per heavy atom. The zero-order valence-corrected chi connectivity index (χ0v) is 15.9. The van der Waals surface area contributed by atoms with Gasteiger partial charge in [-0.2, -0.15) is 13.2 Å². The molecule has 0 saturated heterocycles. The van der Waals surface area contributed by atoms with Crippen LogP contribution in [0.1, 0.15) is 35.7 Å². The maximum atomic E-state index is 13.0. The Bertz CT molecular complexity index is 1090. The van der Waals surface area contributed by atoms with E-state index >= 15 is 0 Å². The first-order valence-corrected chi connectivity index (χ1v) is 9.44. The number of fused-ring (bicyclic) bond motifs is 3. The number of nitrogens with zero attached hydrogens (tertiary/aromatic N) is 1. The van der Waals surface area contributed by atoms with Crippen LogP contribution in [0.5, 0.6) is 5.75 Å². The first kappa shape index (κ1) is 19.6. The van der Waals surface area contributed by atoms with Gasteiger partial charge >= 0.3 is 12.1 Å². The number of ether oxygens (including phenoxy) is 1. The molecular weight excluding hydrogens is 407 g/mol. The van der Waals surface area contributed by atoms with Gasteiger partial charge in [-0.3, -0.25) is 4.79 Å². The summed E-state index contributed by atoms with van der Waals surface area (Å²) in [5.41, 5.74) is 1.41. The summed E-state index contributed by atoms with van der Waals surface area (Å²) < 4.78 is 46.8. The third kappa shape index (κ3) is 3.92. The van der Waals surface area contributed by atoms with Crippen molar-refractivity contribution >= 4 is 28.5 Å². The number of alkyl halides is 3. The normalized spacial score (nSPS) is 16.2. The zero-order chi connectivity index (χ0) is 20.8. The molecule has 0 spiro atoms. The molecule has 1 aromatic heterocycles. The van der Waals surface area contributed by atoms with Gasteiger partial charge in [0.1, 0.15) is 12.4 Å². The van der Waals surface area contributed by atoms with Crippen LogP contribution >= 0.6 is 11.6 Å². The number of carboxylic acids is 1. The van der Waals surface area contributed by atoms with Crippen molar-refractivity contribution in [2.24, 2.45) is 0 Å². The number of aromatic nitrogens is 1. The predicted molar refractivity (Wildman–Crippen MR) is 102 cm³/mol. The number of hydrogen-bond acceptors (Lipinski definition) is 2. The maximum Gasteiger partial charge on any atom is 0.417 e. The summed E-state index contributed by atoms with van der Waals surface area (Å²) >= 11 is 5.65. The predicted octanol–water partition coefficient (Wildman–Crippen LogP) is 5.85. The molecule has 4 nitrogen and oxygen atoms in total. The molecule has 152 valence electrons. The zero-order valence-electron chi connectivity index (χ0n) is 15.2. The molecule has 0 bridgehead atoms. The average molecular weight is 424 g/mol. The molecule has 2 aromatic carbocycles. The molecule has 0 fully saturated rings. The Labute approximate surface area is 169 Å². The van der Waals surface area contributed by atoms with Crippen LogP contribution in [-0.2, 0) is 24.0 Å². The third-order valence-corrected chi connectivity index (χ3v) is 5.47. The van der Waals surface area contributed by atoms with Gasteiger partial charge in [-0.1, -0.05) is 17.7 Å². The summed E-state index contributed by atoms with van der Waals surface area (Å²) in [7, 11) is 0. The Kier molecular flexibility index (Phi) is 4.94. The number of hydrogen-bond donors (Lipinski definition) is 1. The van der Waals surface area contributed by atoms with Gasteiger partial charge in [0.05, 0.1) is 22.5 Å². The third-order valence-electron chi connectivity index (χ3n) is 5.14. The van der Waals surface area contributed by atoms with E-state index in [0.717, 1.165) is 35.5 Å². The van der Waals surface area contributed by atoms with Crippen LogP contribution < -0.4 is 4.74 Å². The highest BCUT2D eigenvalue weighted by Gasteiger charge is 2.33. The van der Waals surface area contributed by atoms with Gasteiger partial charge < -0.3 is 14.4 Å². The van der Waals surface area contributed by atoms with Crippen LogP contribution in [0, 0.1) is 0 Å². The van der Waals surface area contributed by atoms with Crippen molar-refractivity contribution in [2.75, 3.05) is 0 Å². The summed E-state index contributed by atoms with van der Waals surface area (Å²) in [6, 6.07) is 11.0. The largest absolute Gasteiger partial charge is 0.489 e. The van der Waals surface area contributed by atoms with Gasteiger partial charge in [0, 0.05) is 23.2 Å². The van der Waals surface area contributed by atoms with Crippen molar-refractivity contribution in [1.82, 2.24) is 4.57 Å². The lowest BCUT2D eigenvalue weighted by Gasteiger charge is -2.14. The molecular formula is C21H17ClF3NO3. The van der Waals surface area contributed by atoms with E-state index in [1.54, 1.807) is 12.1 Å². The molecule has 1 unspecified atom stereocenters. The highest BCUT2D eigenvalue weighted by atomic mass is 35.5. The quantitative estimate of drug-likeness (QED) is 0.559. The van der Waals surface area contributed by atoms with Gasteiger partial charge in [-0.05, 0) is 48.7 Å². The Hall–Kier alpha value is -2.67. The monoisotopic (exact) mass is 423 g/mol. The van der Waals surface area contributed by atoms with Crippen LogP contribution in [-0.4, -0.2) is 15.6 Å². The molecule has 29 heavy (non-hydrogen) atoms. The number of aliphatic carboxylic acids is 1. The van der Waals surface area contributed by atoms with Gasteiger partial charge in [-0.25, -0.2) is 0 Å². The first-order chi connectivity index (χ1) is 13.7. The van der Waals surface area contributed by atoms with E-state index in [4.69, 9.17) is 21.4 Å². The van der Waals surface area contributed by atoms with Gasteiger partial charge in [-0.15, -0.1) is 0 Å². The minimum Gasteiger partial charge on any atom is -0.489 e. The van der Waals surface area contributed by atoms with E-state index in [1.807, 2.05) is 16.7 Å². The van der Waals surface area contributed by atoms with Crippen molar-refractivity contribution in [2.45, 2.75) is 38.1 Å². The molecule has 3 aromatic rings. The molecule has 4 rings (SSSR count). The maximum absolute atomic E-state index is 13.0. The number of rotatable bonds is 5. The van der Waals surface area contributed by atoms with Crippen LogP contribution in [0.3, 0.4) is 0 Å². The van der Waals surface area contributed by atoms with Gasteiger partial charge in [0.25, 0.3) is 0 Å². The van der Waals surface area contributed by atoms with E-state index in [2.05, 4.69) is 0 Å². The second-order valence-electron chi connectivity index (χ2n) is 7.12. The Balaban J connectivity index is 1.58. The second kappa shape index (κ2) is 7.30. The summed E-state index contributed by atoms with van der Waals surface area (Å²) in [6.07, 6.45) is -2.90. The molecule has 0 aliphatic carbocycles. The number of carboxylic acid groups (broad SMARTS) is 1. The number of aryl methyl sites for hydroxylation is 1. The Morgan fingerprint density at radius 3 is 2.72 bits per heavy atom. The lowest BCUT2D eigenvalue weighted by atomic mass is 10.1. The molecule has 1 atom stereocenters. The molecule has 1 aliphatic heterocycles. The second-order valence-corrected chi connectivity index (χ2v) is 7.52. The summed E-state index contributed by atoms with van der Waals surface area (Å²) in [5.74, 6) is -0.344. The van der Waals surface area contributed by atoms with E-state index in [-0.39, 0.29) is 24.1 Å². The first-order valence-electron chi connectivity index (χ1n) is 9.06. The highest BCUT2D eigenvalue weighted by Crippen LogP contribution is 2.37. The molecule has 0 saturated carbocycles. The van der Waals surface area contributed by atoms with E-state index in [1.165, 1.54) is 12.1 Å². The Morgan fingerprint density at radius 2 is 2.00 bits per heavy atom. The fourth-order valence-corrected chi connectivity index (χ4v) is 4.08. The molecule has 1 aliphatic rings. The van der Waals surface area contributed by atoms with Crippen molar-refractivity contribution < 1.29 is 27.8 Å². The van der Waals surface area contributed by atoms with Crippen LogP contribution in [0.25, 0.3) is 10.9 Å². The van der Waals surface area contributed by atoms with Crippen molar-refractivity contribution in [3.63, 3.8) is 0 Å². The van der Waals surface area contributed by atoms with E-state index in [0.29, 0.717) is 11.3 Å². The van der Waals surface area contributed by atoms with E-state index < -0.39 is 17.7 Å². The summed E-state index contributed by atoms with van der Waals surface area (Å²) in [6.45, 7) is -0.0438. The van der Waals surface area contributed by atoms with Gasteiger partial charge in [0.2, 0.25) is 0 Å². The van der Waals surface area contributed by atoms with Crippen LogP contribution in [0.4, 0.5) is 13.2 Å². The van der Waals surface area contributed by atoms with Gasteiger partial charge in [0.15, 0.2) is 0 Å². The smallest absolute Gasteiger partial charge is 0.417 e. The highest BCUT2D eigenvalue weighted by molar-refractivity contribution is 6.31. The molecule has 0 amide bonds. The molecule has 0 radical (unpaired) electrons. The molecule has 1 N–H and O–H groups in total. The fraction of sp³-hybridized carbons (Fsp3) is 0.286.